The molecule has 7 heteroatoms. The van der Waals surface area contributed by atoms with E-state index < -0.39 is 5.97 Å². The average Bonchev–Trinajstić information content (AvgIpc) is 2.94. The molecule has 2 aromatic rings. The molecule has 28 heavy (non-hydrogen) atoms. The van der Waals surface area contributed by atoms with Crippen LogP contribution in [0.15, 0.2) is 18.2 Å². The zero-order valence-electron chi connectivity index (χ0n) is 16.9. The van der Waals surface area contributed by atoms with Crippen LogP contribution < -0.4 is 9.47 Å². The first-order chi connectivity index (χ1) is 13.4. The molecule has 0 spiro atoms. The van der Waals surface area contributed by atoms with Crippen LogP contribution in [0.25, 0.3) is 0 Å². The maximum atomic E-state index is 12.9. The molecule has 1 saturated heterocycles. The van der Waals surface area contributed by atoms with Crippen molar-refractivity contribution in [1.29, 1.82) is 0 Å². The molecule has 2 heterocycles. The summed E-state index contributed by atoms with van der Waals surface area (Å²) in [6.07, 6.45) is 0. The molecule has 7 nitrogen and oxygen atoms in total. The van der Waals surface area contributed by atoms with Crippen molar-refractivity contribution in [2.75, 3.05) is 33.9 Å². The van der Waals surface area contributed by atoms with Crippen molar-refractivity contribution in [2.45, 2.75) is 26.7 Å². The summed E-state index contributed by atoms with van der Waals surface area (Å²) in [4.78, 5) is 29.9. The van der Waals surface area contributed by atoms with Gasteiger partial charge in [-0.25, -0.2) is 4.79 Å². The molecule has 0 atom stereocenters. The van der Waals surface area contributed by atoms with Crippen molar-refractivity contribution >= 4 is 11.9 Å². The molecule has 1 aromatic heterocycles. The van der Waals surface area contributed by atoms with Crippen LogP contribution in [-0.4, -0.2) is 55.7 Å². The van der Waals surface area contributed by atoms with Gasteiger partial charge in [0, 0.05) is 24.7 Å². The van der Waals surface area contributed by atoms with E-state index in [-0.39, 0.29) is 11.8 Å². The lowest BCUT2D eigenvalue weighted by Gasteiger charge is -2.39. The zero-order valence-corrected chi connectivity index (χ0v) is 16.9. The maximum absolute atomic E-state index is 12.9. The number of amides is 1. The molecule has 1 amide bonds. The maximum Gasteiger partial charge on any atom is 0.340 e. The predicted octanol–water partition coefficient (Wildman–Crippen LogP) is 3.07. The Morgan fingerprint density at radius 2 is 1.82 bits per heavy atom. The van der Waals surface area contributed by atoms with Gasteiger partial charge in [-0.05, 0) is 44.0 Å². The fourth-order valence-electron chi connectivity index (χ4n) is 3.59. The van der Waals surface area contributed by atoms with E-state index in [4.69, 9.17) is 14.2 Å². The minimum Gasteiger partial charge on any atom is -0.493 e. The Kier molecular flexibility index (Phi) is 5.63. The summed E-state index contributed by atoms with van der Waals surface area (Å²) in [6, 6.07) is 5.83. The molecule has 0 saturated carbocycles. The fraction of sp³-hybridized carbons (Fsp3) is 0.429. The number of ether oxygens (including phenoxy) is 3. The minimum absolute atomic E-state index is 0.104. The number of methoxy groups -OCH3 is 2. The van der Waals surface area contributed by atoms with Gasteiger partial charge in [0.15, 0.2) is 11.5 Å². The van der Waals surface area contributed by atoms with E-state index in [2.05, 4.69) is 4.98 Å². The molecule has 1 aliphatic heterocycles. The summed E-state index contributed by atoms with van der Waals surface area (Å²) in [5.41, 5.74) is 3.29. The number of nitrogens with zero attached hydrogens (tertiary/aromatic N) is 1. The number of esters is 1. The molecule has 1 aliphatic rings. The Balaban J connectivity index is 1.72. The molecule has 150 valence electrons. The number of hydrogen-bond acceptors (Lipinski definition) is 5. The lowest BCUT2D eigenvalue weighted by atomic mass is 9.90. The number of carbonyl (C=O) groups excluding carboxylic acids is 2. The third kappa shape index (κ3) is 3.44. The number of likely N-dealkylation sites (tertiary alicyclic amines) is 1. The van der Waals surface area contributed by atoms with E-state index in [1.54, 1.807) is 39.9 Å². The van der Waals surface area contributed by atoms with E-state index in [1.165, 1.54) is 0 Å². The van der Waals surface area contributed by atoms with E-state index >= 15 is 0 Å². The van der Waals surface area contributed by atoms with Crippen LogP contribution in [0.1, 0.15) is 50.5 Å². The van der Waals surface area contributed by atoms with Crippen molar-refractivity contribution in [1.82, 2.24) is 9.88 Å². The number of aromatic amines is 1. The Hall–Kier alpha value is -2.96. The first-order valence-electron chi connectivity index (χ1n) is 9.28. The molecule has 1 N–H and O–H groups in total. The number of aryl methyl sites for hydroxylation is 1. The van der Waals surface area contributed by atoms with E-state index in [9.17, 15) is 9.59 Å². The number of aromatic nitrogens is 1. The number of carbonyl (C=O) groups is 2. The highest BCUT2D eigenvalue weighted by atomic mass is 16.5. The summed E-state index contributed by atoms with van der Waals surface area (Å²) < 4.78 is 15.7. The van der Waals surface area contributed by atoms with Gasteiger partial charge in [0.2, 0.25) is 0 Å². The number of H-pyrrole nitrogens is 1. The number of nitrogens with one attached hydrogen (secondary N) is 1. The second kappa shape index (κ2) is 7.96. The molecule has 0 unspecified atom stereocenters. The Morgan fingerprint density at radius 1 is 1.14 bits per heavy atom. The third-order valence-corrected chi connectivity index (χ3v) is 5.18. The van der Waals surface area contributed by atoms with Gasteiger partial charge in [-0.1, -0.05) is 6.07 Å². The van der Waals surface area contributed by atoms with Crippen molar-refractivity contribution in [3.63, 3.8) is 0 Å². The highest BCUT2D eigenvalue weighted by Gasteiger charge is 2.35. The normalized spacial score (nSPS) is 13.8. The van der Waals surface area contributed by atoms with Gasteiger partial charge < -0.3 is 24.1 Å². The minimum atomic E-state index is -0.403. The quantitative estimate of drug-likeness (QED) is 0.772. The summed E-state index contributed by atoms with van der Waals surface area (Å²) in [7, 11) is 3.21. The second-order valence-corrected chi connectivity index (χ2v) is 6.87. The standard InChI is InChI=1S/C21H26N2O5/c1-6-28-21(25)18-12(2)19(22-13(18)3)20(24)23-10-15(11-23)14-7-8-16(26-4)17(9-14)27-5/h7-9,15,22H,6,10-11H2,1-5H3. The summed E-state index contributed by atoms with van der Waals surface area (Å²) in [5, 5.41) is 0. The van der Waals surface area contributed by atoms with Gasteiger partial charge in [-0.2, -0.15) is 0 Å². The van der Waals surface area contributed by atoms with Gasteiger partial charge in [-0.3, -0.25) is 4.79 Å². The Morgan fingerprint density at radius 3 is 2.43 bits per heavy atom. The second-order valence-electron chi connectivity index (χ2n) is 6.87. The zero-order chi connectivity index (χ0) is 20.4. The van der Waals surface area contributed by atoms with Crippen LogP contribution in [0.2, 0.25) is 0 Å². The first kappa shape index (κ1) is 19.8. The average molecular weight is 386 g/mol. The van der Waals surface area contributed by atoms with Crippen LogP contribution in [-0.2, 0) is 4.74 Å². The van der Waals surface area contributed by atoms with Gasteiger partial charge >= 0.3 is 5.97 Å². The predicted molar refractivity (Wildman–Crippen MR) is 104 cm³/mol. The van der Waals surface area contributed by atoms with E-state index in [0.29, 0.717) is 53.7 Å². The summed E-state index contributed by atoms with van der Waals surface area (Å²) in [5.74, 6) is 1.10. The number of hydrogen-bond donors (Lipinski definition) is 1. The van der Waals surface area contributed by atoms with Crippen molar-refractivity contribution in [3.8, 4) is 11.5 Å². The topological polar surface area (TPSA) is 80.9 Å². The van der Waals surface area contributed by atoms with Crippen LogP contribution in [0.4, 0.5) is 0 Å². The summed E-state index contributed by atoms with van der Waals surface area (Å²) >= 11 is 0. The first-order valence-corrected chi connectivity index (χ1v) is 9.28. The molecular weight excluding hydrogens is 360 g/mol. The lowest BCUT2D eigenvalue weighted by molar-refractivity contribution is 0.0525. The largest absolute Gasteiger partial charge is 0.493 e. The van der Waals surface area contributed by atoms with Crippen molar-refractivity contribution < 1.29 is 23.8 Å². The number of benzene rings is 1. The van der Waals surface area contributed by atoms with Gasteiger partial charge in [0.25, 0.3) is 5.91 Å². The Bertz CT molecular complexity index is 896. The van der Waals surface area contributed by atoms with Crippen LogP contribution >= 0.6 is 0 Å². The smallest absolute Gasteiger partial charge is 0.340 e. The fourth-order valence-corrected chi connectivity index (χ4v) is 3.59. The molecule has 0 radical (unpaired) electrons. The molecule has 1 fully saturated rings. The van der Waals surface area contributed by atoms with Gasteiger partial charge in [-0.15, -0.1) is 0 Å². The highest BCUT2D eigenvalue weighted by Crippen LogP contribution is 2.35. The third-order valence-electron chi connectivity index (χ3n) is 5.18. The van der Waals surface area contributed by atoms with Crippen molar-refractivity contribution in [2.24, 2.45) is 0 Å². The lowest BCUT2D eigenvalue weighted by Crippen LogP contribution is -2.48. The molecule has 0 aliphatic carbocycles. The molecule has 0 bridgehead atoms. The monoisotopic (exact) mass is 386 g/mol. The van der Waals surface area contributed by atoms with Crippen molar-refractivity contribution in [3.05, 3.63) is 46.3 Å². The SMILES string of the molecule is CCOC(=O)c1c(C)[nH]c(C(=O)N2CC(c3ccc(OC)c(OC)c3)C2)c1C. The van der Waals surface area contributed by atoms with Crippen LogP contribution in [0.5, 0.6) is 11.5 Å². The highest BCUT2D eigenvalue weighted by molar-refractivity contribution is 6.00. The van der Waals surface area contributed by atoms with Crippen LogP contribution in [0.3, 0.4) is 0 Å². The van der Waals surface area contributed by atoms with Gasteiger partial charge in [0.05, 0.1) is 26.4 Å². The molecule has 1 aromatic carbocycles. The summed E-state index contributed by atoms with van der Waals surface area (Å²) in [6.45, 7) is 6.83. The number of rotatable bonds is 6. The van der Waals surface area contributed by atoms with E-state index in [0.717, 1.165) is 5.56 Å². The molecular formula is C21H26N2O5. The molecule has 3 rings (SSSR count). The van der Waals surface area contributed by atoms with Gasteiger partial charge in [0.1, 0.15) is 5.69 Å². The van der Waals surface area contributed by atoms with E-state index in [1.807, 2.05) is 18.2 Å². The van der Waals surface area contributed by atoms with Crippen LogP contribution in [0, 0.1) is 13.8 Å². The Labute approximate surface area is 164 Å².